The lowest BCUT2D eigenvalue weighted by Crippen LogP contribution is -2.64. The smallest absolute Gasteiger partial charge is 0.366 e. The van der Waals surface area contributed by atoms with Gasteiger partial charge in [0.1, 0.15) is 12.4 Å². The van der Waals surface area contributed by atoms with Crippen LogP contribution < -0.4 is 5.32 Å². The Kier molecular flexibility index (Phi) is 5.32. The zero-order valence-corrected chi connectivity index (χ0v) is 15.8. The minimum Gasteiger partial charge on any atom is -0.366 e. The van der Waals surface area contributed by atoms with E-state index >= 15 is 0 Å². The molecular weight excluding hydrogens is 406 g/mol. The number of morpholine rings is 1. The molecule has 3 aliphatic heterocycles. The van der Waals surface area contributed by atoms with E-state index in [1.807, 2.05) is 0 Å². The predicted octanol–water partition coefficient (Wildman–Crippen LogP) is 1.84. The Bertz CT molecular complexity index is 918. The van der Waals surface area contributed by atoms with Crippen LogP contribution in [0.25, 0.3) is 0 Å². The van der Waals surface area contributed by atoms with Crippen molar-refractivity contribution in [3.63, 3.8) is 0 Å². The number of amides is 3. The SMILES string of the molecule is O=C1COC2CCN(C(=O)N3CC(C#Cc4ccc(C(F)(F)F)cc4F)C3)C[C@H]2N1. The van der Waals surface area contributed by atoms with Crippen LogP contribution in [0, 0.1) is 23.6 Å². The number of carbonyl (C=O) groups is 2. The van der Waals surface area contributed by atoms with E-state index in [0.717, 1.165) is 12.1 Å². The van der Waals surface area contributed by atoms with E-state index < -0.39 is 17.6 Å². The Morgan fingerprint density at radius 2 is 1.97 bits per heavy atom. The summed E-state index contributed by atoms with van der Waals surface area (Å²) in [5.74, 6) is 3.99. The van der Waals surface area contributed by atoms with E-state index in [2.05, 4.69) is 17.2 Å². The lowest BCUT2D eigenvalue weighted by molar-refractivity contribution is -0.140. The van der Waals surface area contributed by atoms with Gasteiger partial charge in [-0.15, -0.1) is 0 Å². The number of piperidine rings is 1. The van der Waals surface area contributed by atoms with Gasteiger partial charge in [0.15, 0.2) is 0 Å². The van der Waals surface area contributed by atoms with Gasteiger partial charge in [0.05, 0.1) is 29.2 Å². The highest BCUT2D eigenvalue weighted by atomic mass is 19.4. The average Bonchev–Trinajstić information content (AvgIpc) is 2.66. The van der Waals surface area contributed by atoms with E-state index in [1.54, 1.807) is 9.80 Å². The van der Waals surface area contributed by atoms with Gasteiger partial charge in [-0.05, 0) is 24.6 Å². The standard InChI is InChI=1S/C20H19F4N3O3/c21-15-7-14(20(22,23)24)4-3-13(15)2-1-12-8-27(9-12)19(29)26-6-5-17-16(10-26)25-18(28)11-30-17/h3-4,7,12,16-17H,5-6,8-11H2,(H,25,28)/t16-,17?/m1/s1. The maximum atomic E-state index is 13.9. The Morgan fingerprint density at radius 3 is 2.67 bits per heavy atom. The molecule has 3 fully saturated rings. The van der Waals surface area contributed by atoms with Gasteiger partial charge in [-0.2, -0.15) is 13.2 Å². The van der Waals surface area contributed by atoms with Crippen LogP contribution in [-0.4, -0.2) is 66.7 Å². The van der Waals surface area contributed by atoms with Crippen LogP contribution in [-0.2, 0) is 15.7 Å². The molecule has 10 heteroatoms. The highest BCUT2D eigenvalue weighted by Crippen LogP contribution is 2.30. The zero-order chi connectivity index (χ0) is 21.5. The maximum absolute atomic E-state index is 13.9. The summed E-state index contributed by atoms with van der Waals surface area (Å²) in [6.07, 6.45) is -4.05. The molecule has 1 unspecified atom stereocenters. The predicted molar refractivity (Wildman–Crippen MR) is 96.6 cm³/mol. The first-order valence-corrected chi connectivity index (χ1v) is 9.54. The van der Waals surface area contributed by atoms with Crippen molar-refractivity contribution in [3.8, 4) is 11.8 Å². The van der Waals surface area contributed by atoms with Crippen molar-refractivity contribution < 1.29 is 31.9 Å². The normalized spacial score (nSPS) is 24.3. The van der Waals surface area contributed by atoms with Gasteiger partial charge in [0, 0.05) is 26.2 Å². The van der Waals surface area contributed by atoms with Crippen molar-refractivity contribution in [2.75, 3.05) is 32.8 Å². The molecule has 0 bridgehead atoms. The molecule has 30 heavy (non-hydrogen) atoms. The van der Waals surface area contributed by atoms with Crippen LogP contribution >= 0.6 is 0 Å². The number of carbonyl (C=O) groups excluding carboxylic acids is 2. The van der Waals surface area contributed by atoms with Gasteiger partial charge < -0.3 is 19.9 Å². The topological polar surface area (TPSA) is 61.9 Å². The third kappa shape index (κ3) is 4.21. The number of urea groups is 1. The summed E-state index contributed by atoms with van der Waals surface area (Å²) >= 11 is 0. The highest BCUT2D eigenvalue weighted by Gasteiger charge is 2.39. The van der Waals surface area contributed by atoms with Crippen LogP contribution in [0.3, 0.4) is 0 Å². The number of nitrogens with zero attached hydrogens (tertiary/aromatic N) is 2. The minimum atomic E-state index is -4.61. The summed E-state index contributed by atoms with van der Waals surface area (Å²) in [4.78, 5) is 27.4. The third-order valence-electron chi connectivity index (χ3n) is 5.45. The molecule has 3 saturated heterocycles. The molecule has 0 radical (unpaired) electrons. The highest BCUT2D eigenvalue weighted by molar-refractivity contribution is 5.79. The van der Waals surface area contributed by atoms with Gasteiger partial charge in [0.25, 0.3) is 0 Å². The second-order valence-electron chi connectivity index (χ2n) is 7.60. The summed E-state index contributed by atoms with van der Waals surface area (Å²) in [5.41, 5.74) is -1.17. The molecule has 0 spiro atoms. The zero-order valence-electron chi connectivity index (χ0n) is 15.8. The van der Waals surface area contributed by atoms with Gasteiger partial charge >= 0.3 is 12.2 Å². The average molecular weight is 425 g/mol. The molecule has 4 rings (SSSR count). The quantitative estimate of drug-likeness (QED) is 0.510. The Balaban J connectivity index is 1.31. The van der Waals surface area contributed by atoms with Crippen molar-refractivity contribution in [3.05, 3.63) is 35.1 Å². The van der Waals surface area contributed by atoms with Gasteiger partial charge in [-0.25, -0.2) is 9.18 Å². The monoisotopic (exact) mass is 425 g/mol. The van der Waals surface area contributed by atoms with Gasteiger partial charge in [-0.1, -0.05) is 11.8 Å². The van der Waals surface area contributed by atoms with Crippen LogP contribution in [0.5, 0.6) is 0 Å². The first-order valence-electron chi connectivity index (χ1n) is 9.54. The van der Waals surface area contributed by atoms with Crippen molar-refractivity contribution in [2.24, 2.45) is 5.92 Å². The van der Waals surface area contributed by atoms with Crippen LogP contribution in [0.15, 0.2) is 18.2 Å². The molecule has 0 saturated carbocycles. The second kappa shape index (κ2) is 7.80. The fourth-order valence-corrected chi connectivity index (χ4v) is 3.77. The van der Waals surface area contributed by atoms with Crippen LogP contribution in [0.2, 0.25) is 0 Å². The number of hydrogen-bond donors (Lipinski definition) is 1. The largest absolute Gasteiger partial charge is 0.416 e. The number of fused-ring (bicyclic) bond motifs is 1. The van der Waals surface area contributed by atoms with Crippen molar-refractivity contribution in [1.29, 1.82) is 0 Å². The number of ether oxygens (including phenoxy) is 1. The van der Waals surface area contributed by atoms with Crippen LogP contribution in [0.4, 0.5) is 22.4 Å². The lowest BCUT2D eigenvalue weighted by Gasteiger charge is -2.45. The molecule has 0 aliphatic carbocycles. The first-order chi connectivity index (χ1) is 14.2. The molecule has 2 atom stereocenters. The molecule has 1 aromatic carbocycles. The maximum Gasteiger partial charge on any atom is 0.416 e. The summed E-state index contributed by atoms with van der Waals surface area (Å²) in [7, 11) is 0. The van der Waals surface area contributed by atoms with E-state index in [4.69, 9.17) is 4.74 Å². The third-order valence-corrected chi connectivity index (χ3v) is 5.45. The molecule has 1 aromatic rings. The van der Waals surface area contributed by atoms with Gasteiger partial charge in [-0.3, -0.25) is 4.79 Å². The van der Waals surface area contributed by atoms with E-state index in [9.17, 15) is 27.2 Å². The second-order valence-corrected chi connectivity index (χ2v) is 7.60. The molecule has 160 valence electrons. The summed E-state index contributed by atoms with van der Waals surface area (Å²) in [5, 5.41) is 2.84. The molecule has 3 heterocycles. The number of alkyl halides is 3. The lowest BCUT2D eigenvalue weighted by atomic mass is 9.98. The molecule has 3 amide bonds. The Labute approximate surface area is 170 Å². The molecule has 1 N–H and O–H groups in total. The number of halogens is 4. The van der Waals surface area contributed by atoms with E-state index in [-0.39, 0.29) is 42.2 Å². The number of benzene rings is 1. The van der Waals surface area contributed by atoms with Crippen LogP contribution in [0.1, 0.15) is 17.5 Å². The van der Waals surface area contributed by atoms with Crippen molar-refractivity contribution >= 4 is 11.9 Å². The number of hydrogen-bond acceptors (Lipinski definition) is 3. The van der Waals surface area contributed by atoms with Crippen molar-refractivity contribution in [1.82, 2.24) is 15.1 Å². The van der Waals surface area contributed by atoms with E-state index in [1.165, 1.54) is 0 Å². The molecular formula is C20H19F4N3O3. The Hall–Kier alpha value is -2.80. The number of rotatable bonds is 0. The number of nitrogens with one attached hydrogen (secondary N) is 1. The van der Waals surface area contributed by atoms with Gasteiger partial charge in [0.2, 0.25) is 5.91 Å². The minimum absolute atomic E-state index is 0.0428. The molecule has 0 aromatic heterocycles. The summed E-state index contributed by atoms with van der Waals surface area (Å²) < 4.78 is 57.1. The van der Waals surface area contributed by atoms with E-state index in [0.29, 0.717) is 38.7 Å². The first kappa shape index (κ1) is 20.5. The summed E-state index contributed by atoms with van der Waals surface area (Å²) in [6.45, 7) is 1.67. The fraction of sp³-hybridized carbons (Fsp3) is 0.500. The van der Waals surface area contributed by atoms with Crippen molar-refractivity contribution in [2.45, 2.75) is 24.7 Å². The fourth-order valence-electron chi connectivity index (χ4n) is 3.77. The Morgan fingerprint density at radius 1 is 1.20 bits per heavy atom. The summed E-state index contributed by atoms with van der Waals surface area (Å²) in [6, 6.07) is 1.85. The molecule has 3 aliphatic rings. The molecule has 6 nitrogen and oxygen atoms in total. The number of likely N-dealkylation sites (tertiary alicyclic amines) is 2.